The van der Waals surface area contributed by atoms with Gasteiger partial charge in [-0.05, 0) is 18.6 Å². The van der Waals surface area contributed by atoms with Gasteiger partial charge in [-0.3, -0.25) is 0 Å². The lowest BCUT2D eigenvalue weighted by Crippen LogP contribution is -2.56. The Kier molecular flexibility index (Phi) is 2.83. The standard InChI is InChI=1S/C8H22N2Si2/c1-11(2)7-8-12(3,4)10(11)6-5-9/h5-9H2,1-4H3. The van der Waals surface area contributed by atoms with Gasteiger partial charge in [0.05, 0.1) is 0 Å². The van der Waals surface area contributed by atoms with Crippen molar-refractivity contribution in [2.75, 3.05) is 13.1 Å². The summed E-state index contributed by atoms with van der Waals surface area (Å²) in [5, 5.41) is 0. The van der Waals surface area contributed by atoms with E-state index < -0.39 is 16.5 Å². The van der Waals surface area contributed by atoms with E-state index in [-0.39, 0.29) is 0 Å². The van der Waals surface area contributed by atoms with Gasteiger partial charge in [-0.1, -0.05) is 26.2 Å². The van der Waals surface area contributed by atoms with Crippen molar-refractivity contribution in [3.8, 4) is 0 Å². The van der Waals surface area contributed by atoms with E-state index in [1.807, 2.05) is 0 Å². The minimum atomic E-state index is -1.01. The van der Waals surface area contributed by atoms with E-state index in [4.69, 9.17) is 5.73 Å². The Bertz CT molecular complexity index is 152. The summed E-state index contributed by atoms with van der Waals surface area (Å²) in [4.78, 5) is 0. The molecule has 0 aromatic carbocycles. The normalized spacial score (nSPS) is 27.8. The third-order valence-corrected chi connectivity index (χ3v) is 13.6. The predicted molar refractivity (Wildman–Crippen MR) is 60.3 cm³/mol. The highest BCUT2D eigenvalue weighted by molar-refractivity contribution is 6.95. The third kappa shape index (κ3) is 1.81. The second kappa shape index (κ2) is 3.25. The first-order chi connectivity index (χ1) is 5.40. The van der Waals surface area contributed by atoms with Crippen LogP contribution in [0.1, 0.15) is 0 Å². The second-order valence-corrected chi connectivity index (χ2v) is 14.8. The molecule has 0 unspecified atom stereocenters. The summed E-state index contributed by atoms with van der Waals surface area (Å²) in [6.45, 7) is 12.0. The van der Waals surface area contributed by atoms with Crippen LogP contribution in [0.3, 0.4) is 0 Å². The van der Waals surface area contributed by atoms with E-state index in [0.29, 0.717) is 0 Å². The SMILES string of the molecule is C[Si]1(C)CC[Si](C)(C)N1CCN. The van der Waals surface area contributed by atoms with Crippen LogP contribution in [0.2, 0.25) is 38.3 Å². The zero-order valence-corrected chi connectivity index (χ0v) is 10.9. The number of hydrogen-bond donors (Lipinski definition) is 1. The molecule has 0 saturated carbocycles. The van der Waals surface area contributed by atoms with Crippen molar-refractivity contribution >= 4 is 16.5 Å². The lowest BCUT2D eigenvalue weighted by molar-refractivity contribution is 0.632. The van der Waals surface area contributed by atoms with Crippen molar-refractivity contribution in [1.29, 1.82) is 0 Å². The summed E-state index contributed by atoms with van der Waals surface area (Å²) >= 11 is 0. The molecule has 72 valence electrons. The van der Waals surface area contributed by atoms with Crippen LogP contribution in [0.5, 0.6) is 0 Å². The largest absolute Gasteiger partial charge is 0.344 e. The van der Waals surface area contributed by atoms with Gasteiger partial charge in [-0.25, -0.2) is 0 Å². The van der Waals surface area contributed by atoms with Gasteiger partial charge in [-0.15, -0.1) is 0 Å². The van der Waals surface area contributed by atoms with Gasteiger partial charge in [-0.2, -0.15) is 0 Å². The number of nitrogens with two attached hydrogens (primary N) is 1. The Morgan fingerprint density at radius 3 is 1.83 bits per heavy atom. The van der Waals surface area contributed by atoms with Gasteiger partial charge in [0.2, 0.25) is 0 Å². The maximum atomic E-state index is 5.65. The third-order valence-electron chi connectivity index (χ3n) is 3.16. The molecule has 1 saturated heterocycles. The Balaban J connectivity index is 2.74. The van der Waals surface area contributed by atoms with Crippen molar-refractivity contribution in [3.63, 3.8) is 0 Å². The number of hydrogen-bond acceptors (Lipinski definition) is 2. The molecule has 1 aliphatic rings. The molecular weight excluding hydrogens is 180 g/mol. The lowest BCUT2D eigenvalue weighted by Gasteiger charge is -2.38. The summed E-state index contributed by atoms with van der Waals surface area (Å²) in [5.41, 5.74) is 5.65. The molecule has 1 heterocycles. The van der Waals surface area contributed by atoms with Gasteiger partial charge >= 0.3 is 0 Å². The Labute approximate surface area is 78.3 Å². The molecule has 0 bridgehead atoms. The fourth-order valence-electron chi connectivity index (χ4n) is 2.44. The van der Waals surface area contributed by atoms with Crippen LogP contribution >= 0.6 is 0 Å². The quantitative estimate of drug-likeness (QED) is 0.690. The zero-order valence-electron chi connectivity index (χ0n) is 8.85. The molecule has 1 rings (SSSR count). The summed E-state index contributed by atoms with van der Waals surface area (Å²) in [6.07, 6.45) is 0. The molecule has 0 radical (unpaired) electrons. The number of nitrogens with zero attached hydrogens (tertiary/aromatic N) is 1. The smallest absolute Gasteiger partial charge is 0.115 e. The van der Waals surface area contributed by atoms with Crippen molar-refractivity contribution < 1.29 is 0 Å². The zero-order chi connectivity index (χ0) is 9.41. The molecule has 0 amide bonds. The minimum absolute atomic E-state index is 0.840. The fourth-order valence-corrected chi connectivity index (χ4v) is 16.6. The Morgan fingerprint density at radius 2 is 1.50 bits per heavy atom. The van der Waals surface area contributed by atoms with Crippen LogP contribution < -0.4 is 5.73 Å². The number of rotatable bonds is 2. The van der Waals surface area contributed by atoms with Crippen LogP contribution in [0.4, 0.5) is 0 Å². The molecular formula is C8H22N2Si2. The molecule has 12 heavy (non-hydrogen) atoms. The lowest BCUT2D eigenvalue weighted by atomic mass is 10.7. The van der Waals surface area contributed by atoms with Crippen LogP contribution in [0.25, 0.3) is 0 Å². The Morgan fingerprint density at radius 1 is 1.08 bits per heavy atom. The average Bonchev–Trinajstić information content (AvgIpc) is 2.13. The second-order valence-electron chi connectivity index (χ2n) is 5.07. The minimum Gasteiger partial charge on any atom is -0.344 e. The first kappa shape index (κ1) is 10.4. The van der Waals surface area contributed by atoms with Gasteiger partial charge in [0.1, 0.15) is 16.5 Å². The molecule has 4 heteroatoms. The van der Waals surface area contributed by atoms with Crippen LogP contribution in [0, 0.1) is 0 Å². The van der Waals surface area contributed by atoms with E-state index in [2.05, 4.69) is 30.4 Å². The summed E-state index contributed by atoms with van der Waals surface area (Å²) in [5.74, 6) is 0. The van der Waals surface area contributed by atoms with E-state index in [1.165, 1.54) is 12.1 Å². The molecule has 2 nitrogen and oxygen atoms in total. The van der Waals surface area contributed by atoms with Gasteiger partial charge in [0.25, 0.3) is 0 Å². The maximum Gasteiger partial charge on any atom is 0.115 e. The molecule has 1 aliphatic heterocycles. The van der Waals surface area contributed by atoms with Gasteiger partial charge in [0.15, 0.2) is 0 Å². The van der Waals surface area contributed by atoms with Crippen LogP contribution in [0.15, 0.2) is 0 Å². The van der Waals surface area contributed by atoms with Crippen molar-refractivity contribution in [3.05, 3.63) is 0 Å². The van der Waals surface area contributed by atoms with Crippen molar-refractivity contribution in [1.82, 2.24) is 4.23 Å². The highest BCUT2D eigenvalue weighted by atomic mass is 28.4. The Hall–Kier alpha value is 0.354. The molecule has 2 N–H and O–H groups in total. The molecule has 0 aromatic rings. The van der Waals surface area contributed by atoms with Crippen LogP contribution in [-0.4, -0.2) is 33.8 Å². The summed E-state index contributed by atoms with van der Waals surface area (Å²) in [7, 11) is -2.02. The van der Waals surface area contributed by atoms with Crippen LogP contribution in [-0.2, 0) is 0 Å². The van der Waals surface area contributed by atoms with E-state index in [0.717, 1.165) is 13.1 Å². The van der Waals surface area contributed by atoms with E-state index in [9.17, 15) is 0 Å². The molecule has 0 aliphatic carbocycles. The summed E-state index contributed by atoms with van der Waals surface area (Å²) in [6, 6.07) is 2.98. The topological polar surface area (TPSA) is 29.3 Å². The van der Waals surface area contributed by atoms with E-state index >= 15 is 0 Å². The van der Waals surface area contributed by atoms with E-state index in [1.54, 1.807) is 0 Å². The predicted octanol–water partition coefficient (Wildman–Crippen LogP) is 1.67. The highest BCUT2D eigenvalue weighted by Crippen LogP contribution is 2.36. The fraction of sp³-hybridized carbons (Fsp3) is 1.00. The highest BCUT2D eigenvalue weighted by Gasteiger charge is 2.46. The first-order valence-corrected chi connectivity index (χ1v) is 11.2. The van der Waals surface area contributed by atoms with Gasteiger partial charge in [0, 0.05) is 6.54 Å². The molecule has 0 atom stereocenters. The first-order valence-electron chi connectivity index (χ1n) is 4.88. The summed E-state index contributed by atoms with van der Waals surface area (Å²) < 4.78 is 2.82. The molecule has 0 aromatic heterocycles. The molecule has 0 spiro atoms. The van der Waals surface area contributed by atoms with Crippen molar-refractivity contribution in [2.24, 2.45) is 5.73 Å². The maximum absolute atomic E-state index is 5.65. The average molecular weight is 202 g/mol. The van der Waals surface area contributed by atoms with Gasteiger partial charge < -0.3 is 9.96 Å². The molecule has 1 fully saturated rings. The monoisotopic (exact) mass is 202 g/mol. The van der Waals surface area contributed by atoms with Crippen molar-refractivity contribution in [2.45, 2.75) is 38.3 Å².